The summed E-state index contributed by atoms with van der Waals surface area (Å²) in [5.41, 5.74) is 3.30. The van der Waals surface area contributed by atoms with Crippen LogP contribution >= 0.6 is 0 Å². The molecule has 2 rings (SSSR count). The minimum absolute atomic E-state index is 0.0932. The van der Waals surface area contributed by atoms with Crippen LogP contribution in [0.5, 0.6) is 0 Å². The van der Waals surface area contributed by atoms with E-state index in [2.05, 4.69) is 0 Å². The number of para-hydroxylation sites is 1. The van der Waals surface area contributed by atoms with Crippen LogP contribution in [0.1, 0.15) is 25.3 Å². The third-order valence-corrected chi connectivity index (χ3v) is 5.38. The number of benzene rings is 2. The molecular weight excluding hydrogens is 326 g/mol. The quantitative estimate of drug-likeness (QED) is 0.475. The molecule has 24 heavy (non-hydrogen) atoms. The molecule has 0 radical (unpaired) electrons. The monoisotopic (exact) mass is 347 g/mol. The van der Waals surface area contributed by atoms with E-state index in [1.54, 1.807) is 30.3 Å². The van der Waals surface area contributed by atoms with Crippen LogP contribution in [0.15, 0.2) is 59.5 Å². The summed E-state index contributed by atoms with van der Waals surface area (Å²) >= 11 is 0. The Labute approximate surface area is 142 Å². The van der Waals surface area contributed by atoms with Gasteiger partial charge in [-0.1, -0.05) is 50.2 Å². The summed E-state index contributed by atoms with van der Waals surface area (Å²) in [7, 11) is -3.90. The molecule has 1 amide bonds. The largest absolute Gasteiger partial charge is 0.293 e. The first-order valence-corrected chi connectivity index (χ1v) is 8.98. The van der Waals surface area contributed by atoms with E-state index in [9.17, 15) is 13.2 Å². The van der Waals surface area contributed by atoms with E-state index in [-0.39, 0.29) is 10.8 Å². The number of nitrogens with one attached hydrogen (secondary N) is 1. The fraction of sp³-hybridized carbons (Fsp3) is 0.235. The molecule has 0 atom stereocenters. The molecule has 7 heteroatoms. The summed E-state index contributed by atoms with van der Waals surface area (Å²) in [4.78, 5) is 11.9. The van der Waals surface area contributed by atoms with Gasteiger partial charge in [0.15, 0.2) is 0 Å². The molecule has 0 aliphatic heterocycles. The molecule has 0 fully saturated rings. The predicted molar refractivity (Wildman–Crippen MR) is 93.8 cm³/mol. The summed E-state index contributed by atoms with van der Waals surface area (Å²) in [6, 6.07) is 15.2. The van der Waals surface area contributed by atoms with E-state index >= 15 is 0 Å². The van der Waals surface area contributed by atoms with Gasteiger partial charge in [-0.3, -0.25) is 14.5 Å². The lowest BCUT2D eigenvalue weighted by Crippen LogP contribution is -2.43. The topological polar surface area (TPSA) is 92.5 Å². The maximum Gasteiger partial charge on any atom is 0.264 e. The molecule has 3 N–H and O–H groups in total. The van der Waals surface area contributed by atoms with Gasteiger partial charge in [0.25, 0.3) is 15.9 Å². The number of anilines is 1. The van der Waals surface area contributed by atoms with Crippen molar-refractivity contribution in [3.63, 3.8) is 0 Å². The molecule has 0 spiro atoms. The summed E-state index contributed by atoms with van der Waals surface area (Å²) in [6.07, 6.45) is 0. The Morgan fingerprint density at radius 2 is 1.67 bits per heavy atom. The Balaban J connectivity index is 2.61. The smallest absolute Gasteiger partial charge is 0.264 e. The van der Waals surface area contributed by atoms with Gasteiger partial charge >= 0.3 is 0 Å². The number of rotatable bonds is 6. The van der Waals surface area contributed by atoms with Crippen LogP contribution in [0.3, 0.4) is 0 Å². The number of nitrogens with zero attached hydrogens (tertiary/aromatic N) is 1. The average molecular weight is 347 g/mol. The number of hydrazine groups is 1. The lowest BCUT2D eigenvalue weighted by molar-refractivity contribution is -0.119. The maximum absolute atomic E-state index is 13.1. The second-order valence-electron chi connectivity index (χ2n) is 5.61. The third-order valence-electron chi connectivity index (χ3n) is 3.61. The van der Waals surface area contributed by atoms with Crippen molar-refractivity contribution in [1.82, 2.24) is 5.43 Å². The fourth-order valence-electron chi connectivity index (χ4n) is 2.40. The molecule has 0 saturated carbocycles. The standard InChI is InChI=1S/C17H21N3O3S/c1-13(2)15-10-6-7-11-16(15)20(12-17(21)19-18)24(22,23)14-8-4-3-5-9-14/h3-11,13H,12,18H2,1-2H3,(H,19,21). The van der Waals surface area contributed by atoms with E-state index in [1.807, 2.05) is 31.4 Å². The van der Waals surface area contributed by atoms with Gasteiger partial charge in [0.1, 0.15) is 6.54 Å². The van der Waals surface area contributed by atoms with Crippen LogP contribution in [-0.4, -0.2) is 20.9 Å². The molecule has 128 valence electrons. The van der Waals surface area contributed by atoms with Crippen molar-refractivity contribution in [3.8, 4) is 0 Å². The Kier molecular flexibility index (Phi) is 5.58. The molecule has 6 nitrogen and oxygen atoms in total. The van der Waals surface area contributed by atoms with Crippen molar-refractivity contribution in [1.29, 1.82) is 0 Å². The van der Waals surface area contributed by atoms with Crippen LogP contribution < -0.4 is 15.6 Å². The maximum atomic E-state index is 13.1. The highest BCUT2D eigenvalue weighted by Crippen LogP contribution is 2.31. The predicted octanol–water partition coefficient (Wildman–Crippen LogP) is 2.00. The second kappa shape index (κ2) is 7.46. The van der Waals surface area contributed by atoms with Gasteiger partial charge in [0.05, 0.1) is 10.6 Å². The van der Waals surface area contributed by atoms with E-state index in [0.29, 0.717) is 5.69 Å². The molecule has 0 unspecified atom stereocenters. The minimum atomic E-state index is -3.90. The van der Waals surface area contributed by atoms with Crippen molar-refractivity contribution in [2.45, 2.75) is 24.7 Å². The van der Waals surface area contributed by atoms with E-state index in [0.717, 1.165) is 9.87 Å². The summed E-state index contributed by atoms with van der Waals surface area (Å²) in [5, 5.41) is 0. The zero-order valence-electron chi connectivity index (χ0n) is 13.6. The van der Waals surface area contributed by atoms with Crippen LogP contribution in [0, 0.1) is 0 Å². The van der Waals surface area contributed by atoms with Crippen molar-refractivity contribution in [2.75, 3.05) is 10.8 Å². The number of hydrogen-bond donors (Lipinski definition) is 2. The Morgan fingerprint density at radius 3 is 2.25 bits per heavy atom. The SMILES string of the molecule is CC(C)c1ccccc1N(CC(=O)NN)S(=O)(=O)c1ccccc1. The third kappa shape index (κ3) is 3.74. The molecule has 2 aromatic rings. The highest BCUT2D eigenvalue weighted by molar-refractivity contribution is 7.92. The van der Waals surface area contributed by atoms with Crippen LogP contribution in [-0.2, 0) is 14.8 Å². The minimum Gasteiger partial charge on any atom is -0.293 e. The highest BCUT2D eigenvalue weighted by Gasteiger charge is 2.28. The molecule has 2 aromatic carbocycles. The first-order valence-electron chi connectivity index (χ1n) is 7.54. The molecule has 0 aliphatic carbocycles. The molecule has 0 saturated heterocycles. The van der Waals surface area contributed by atoms with E-state index < -0.39 is 22.5 Å². The lowest BCUT2D eigenvalue weighted by Gasteiger charge is -2.27. The van der Waals surface area contributed by atoms with E-state index in [1.165, 1.54) is 12.1 Å². The van der Waals surface area contributed by atoms with Gasteiger partial charge in [-0.05, 0) is 29.7 Å². The van der Waals surface area contributed by atoms with Gasteiger partial charge in [0, 0.05) is 0 Å². The molecule has 0 bridgehead atoms. The zero-order chi connectivity index (χ0) is 17.7. The summed E-state index contributed by atoms with van der Waals surface area (Å²) in [6.45, 7) is 3.54. The van der Waals surface area contributed by atoms with Gasteiger partial charge in [0.2, 0.25) is 0 Å². The van der Waals surface area contributed by atoms with Gasteiger partial charge in [-0.15, -0.1) is 0 Å². The van der Waals surface area contributed by atoms with Crippen LogP contribution in [0.4, 0.5) is 5.69 Å². The second-order valence-corrected chi connectivity index (χ2v) is 7.47. The fourth-order valence-corrected chi connectivity index (χ4v) is 3.87. The van der Waals surface area contributed by atoms with Gasteiger partial charge < -0.3 is 0 Å². The first kappa shape index (κ1) is 18.0. The first-order chi connectivity index (χ1) is 11.4. The number of hydrogen-bond acceptors (Lipinski definition) is 4. The Morgan fingerprint density at radius 1 is 1.08 bits per heavy atom. The van der Waals surface area contributed by atoms with Crippen molar-refractivity contribution in [2.24, 2.45) is 5.84 Å². The lowest BCUT2D eigenvalue weighted by atomic mass is 10.0. The summed E-state index contributed by atoms with van der Waals surface area (Å²) < 4.78 is 27.2. The molecule has 0 aliphatic rings. The van der Waals surface area contributed by atoms with Crippen LogP contribution in [0.2, 0.25) is 0 Å². The normalized spacial score (nSPS) is 11.3. The Hall–Kier alpha value is -2.38. The summed E-state index contributed by atoms with van der Waals surface area (Å²) in [5.74, 6) is 4.66. The van der Waals surface area contributed by atoms with Gasteiger partial charge in [-0.25, -0.2) is 14.3 Å². The number of nitrogens with two attached hydrogens (primary N) is 1. The van der Waals surface area contributed by atoms with Crippen molar-refractivity contribution >= 4 is 21.6 Å². The van der Waals surface area contributed by atoms with Crippen molar-refractivity contribution < 1.29 is 13.2 Å². The number of amides is 1. The van der Waals surface area contributed by atoms with Crippen LogP contribution in [0.25, 0.3) is 0 Å². The average Bonchev–Trinajstić information content (AvgIpc) is 2.60. The number of sulfonamides is 1. The van der Waals surface area contributed by atoms with Gasteiger partial charge in [-0.2, -0.15) is 0 Å². The molecule has 0 heterocycles. The molecule has 0 aromatic heterocycles. The zero-order valence-corrected chi connectivity index (χ0v) is 14.5. The highest BCUT2D eigenvalue weighted by atomic mass is 32.2. The Bertz CT molecular complexity index is 805. The molecular formula is C17H21N3O3S. The number of carbonyl (C=O) groups excluding carboxylic acids is 1. The number of carbonyl (C=O) groups is 1. The van der Waals surface area contributed by atoms with E-state index in [4.69, 9.17) is 5.84 Å². The van der Waals surface area contributed by atoms with Crippen molar-refractivity contribution in [3.05, 3.63) is 60.2 Å².